The number of nitrogen functional groups attached to an aromatic ring is 1. The summed E-state index contributed by atoms with van der Waals surface area (Å²) < 4.78 is 45.4. The fraction of sp³-hybridized carbons (Fsp3) is 0.500. The summed E-state index contributed by atoms with van der Waals surface area (Å²) in [4.78, 5) is -0.436. The van der Waals surface area contributed by atoms with Gasteiger partial charge < -0.3 is 10.5 Å². The van der Waals surface area contributed by atoms with Crippen molar-refractivity contribution in [3.05, 3.63) is 23.5 Å². The maximum absolute atomic E-state index is 13.8. The highest BCUT2D eigenvalue weighted by atomic mass is 32.2. The van der Waals surface area contributed by atoms with Gasteiger partial charge >= 0.3 is 0 Å². The first kappa shape index (κ1) is 15.9. The SMILES string of the molecule is CCOC(C)CNS(=O)(=O)c1cc(N)cc(C)c1F. The van der Waals surface area contributed by atoms with Crippen LogP contribution in [0.5, 0.6) is 0 Å². The van der Waals surface area contributed by atoms with Gasteiger partial charge in [0.1, 0.15) is 10.7 Å². The second-order valence-electron chi connectivity index (χ2n) is 4.27. The van der Waals surface area contributed by atoms with Crippen molar-refractivity contribution in [2.24, 2.45) is 0 Å². The van der Waals surface area contributed by atoms with E-state index in [9.17, 15) is 12.8 Å². The first-order valence-electron chi connectivity index (χ1n) is 5.94. The summed E-state index contributed by atoms with van der Waals surface area (Å²) in [5, 5.41) is 0. The molecule has 0 spiro atoms. The number of sulfonamides is 1. The molecule has 7 heteroatoms. The lowest BCUT2D eigenvalue weighted by Crippen LogP contribution is -2.32. The van der Waals surface area contributed by atoms with Crippen LogP contribution < -0.4 is 10.5 Å². The molecular weight excluding hydrogens is 271 g/mol. The van der Waals surface area contributed by atoms with Gasteiger partial charge in [-0.15, -0.1) is 0 Å². The monoisotopic (exact) mass is 290 g/mol. The summed E-state index contributed by atoms with van der Waals surface area (Å²) in [5.74, 6) is -0.786. The van der Waals surface area contributed by atoms with E-state index in [1.165, 1.54) is 13.0 Å². The molecule has 3 N–H and O–H groups in total. The molecule has 0 fully saturated rings. The minimum atomic E-state index is -3.93. The molecule has 0 saturated carbocycles. The summed E-state index contributed by atoms with van der Waals surface area (Å²) in [6.07, 6.45) is -0.287. The maximum Gasteiger partial charge on any atom is 0.243 e. The fourth-order valence-electron chi connectivity index (χ4n) is 1.61. The van der Waals surface area contributed by atoms with E-state index in [0.29, 0.717) is 6.61 Å². The number of anilines is 1. The van der Waals surface area contributed by atoms with Crippen LogP contribution in [0, 0.1) is 12.7 Å². The predicted molar refractivity (Wildman–Crippen MR) is 71.8 cm³/mol. The molecule has 1 unspecified atom stereocenters. The predicted octanol–water partition coefficient (Wildman–Crippen LogP) is 1.42. The third kappa shape index (κ3) is 4.15. The number of halogens is 1. The van der Waals surface area contributed by atoms with Crippen LogP contribution in [0.4, 0.5) is 10.1 Å². The number of aryl methyl sites for hydroxylation is 1. The number of nitrogens with two attached hydrogens (primary N) is 1. The van der Waals surface area contributed by atoms with Gasteiger partial charge in [-0.2, -0.15) is 0 Å². The number of nitrogens with one attached hydrogen (secondary N) is 1. The summed E-state index contributed by atoms with van der Waals surface area (Å²) in [5.41, 5.74) is 5.94. The van der Waals surface area contributed by atoms with Crippen molar-refractivity contribution in [2.75, 3.05) is 18.9 Å². The first-order chi connectivity index (χ1) is 8.77. The Morgan fingerprint density at radius 1 is 1.47 bits per heavy atom. The summed E-state index contributed by atoms with van der Waals surface area (Å²) in [6, 6.07) is 2.49. The Bertz CT molecular complexity index is 546. The lowest BCUT2D eigenvalue weighted by molar-refractivity contribution is 0.0799. The second kappa shape index (κ2) is 6.31. The largest absolute Gasteiger partial charge is 0.399 e. The normalized spacial score (nSPS) is 13.5. The van der Waals surface area contributed by atoms with Gasteiger partial charge in [0.25, 0.3) is 0 Å². The zero-order chi connectivity index (χ0) is 14.6. The van der Waals surface area contributed by atoms with Crippen LogP contribution in [0.3, 0.4) is 0 Å². The van der Waals surface area contributed by atoms with E-state index in [0.717, 1.165) is 6.07 Å². The highest BCUT2D eigenvalue weighted by molar-refractivity contribution is 7.89. The average molecular weight is 290 g/mol. The third-order valence-electron chi connectivity index (χ3n) is 2.54. The van der Waals surface area contributed by atoms with E-state index in [1.54, 1.807) is 6.92 Å². The Labute approximate surface area is 113 Å². The minimum Gasteiger partial charge on any atom is -0.399 e. The highest BCUT2D eigenvalue weighted by Gasteiger charge is 2.21. The molecule has 0 heterocycles. The Morgan fingerprint density at radius 3 is 2.68 bits per heavy atom. The second-order valence-corrected chi connectivity index (χ2v) is 6.00. The van der Waals surface area contributed by atoms with Gasteiger partial charge in [0, 0.05) is 18.8 Å². The van der Waals surface area contributed by atoms with Crippen LogP contribution in [-0.2, 0) is 14.8 Å². The molecule has 1 rings (SSSR count). The maximum atomic E-state index is 13.8. The molecule has 0 amide bonds. The van der Waals surface area contributed by atoms with Gasteiger partial charge in [0.2, 0.25) is 10.0 Å². The van der Waals surface area contributed by atoms with Gasteiger partial charge in [-0.3, -0.25) is 0 Å². The number of hydrogen-bond acceptors (Lipinski definition) is 4. The van der Waals surface area contributed by atoms with Crippen molar-refractivity contribution in [1.29, 1.82) is 0 Å². The highest BCUT2D eigenvalue weighted by Crippen LogP contribution is 2.21. The van der Waals surface area contributed by atoms with Crippen molar-refractivity contribution in [3.8, 4) is 0 Å². The summed E-state index contributed by atoms with van der Waals surface area (Å²) >= 11 is 0. The van der Waals surface area contributed by atoms with Crippen LogP contribution >= 0.6 is 0 Å². The quantitative estimate of drug-likeness (QED) is 0.776. The number of benzene rings is 1. The van der Waals surface area contributed by atoms with E-state index < -0.39 is 20.7 Å². The van der Waals surface area contributed by atoms with Crippen LogP contribution in [0.25, 0.3) is 0 Å². The Balaban J connectivity index is 2.95. The third-order valence-corrected chi connectivity index (χ3v) is 3.97. The van der Waals surface area contributed by atoms with Crippen molar-refractivity contribution in [1.82, 2.24) is 4.72 Å². The molecule has 1 aromatic carbocycles. The molecule has 5 nitrogen and oxygen atoms in total. The molecular formula is C12H19FN2O3S. The van der Waals surface area contributed by atoms with Gasteiger partial charge in [-0.05, 0) is 38.5 Å². The molecule has 0 bridgehead atoms. The van der Waals surface area contributed by atoms with Gasteiger partial charge in [-0.25, -0.2) is 17.5 Å². The molecule has 0 radical (unpaired) electrons. The van der Waals surface area contributed by atoms with Crippen LogP contribution in [0.15, 0.2) is 17.0 Å². The summed E-state index contributed by atoms with van der Waals surface area (Å²) in [6.45, 7) is 5.56. The van der Waals surface area contributed by atoms with Gasteiger partial charge in [0.05, 0.1) is 6.10 Å². The molecule has 1 atom stereocenters. The standard InChI is InChI=1S/C12H19FN2O3S/c1-4-18-9(3)7-15-19(16,17)11-6-10(14)5-8(2)12(11)13/h5-6,9,15H,4,7,14H2,1-3H3. The van der Waals surface area contributed by atoms with Crippen LogP contribution in [-0.4, -0.2) is 27.7 Å². The van der Waals surface area contributed by atoms with Gasteiger partial charge in [-0.1, -0.05) is 0 Å². The fourth-order valence-corrected chi connectivity index (χ4v) is 2.91. The molecule has 0 aliphatic heterocycles. The Kier molecular flexibility index (Phi) is 5.28. The molecule has 0 aromatic heterocycles. The molecule has 0 aliphatic rings. The van der Waals surface area contributed by atoms with Crippen molar-refractivity contribution in [2.45, 2.75) is 31.8 Å². The zero-order valence-electron chi connectivity index (χ0n) is 11.2. The number of hydrogen-bond donors (Lipinski definition) is 2. The van der Waals surface area contributed by atoms with Gasteiger partial charge in [0.15, 0.2) is 0 Å². The van der Waals surface area contributed by atoms with E-state index in [4.69, 9.17) is 10.5 Å². The van der Waals surface area contributed by atoms with Crippen molar-refractivity contribution in [3.63, 3.8) is 0 Å². The lowest BCUT2D eigenvalue weighted by Gasteiger charge is -2.14. The molecule has 1 aromatic rings. The molecule has 0 saturated heterocycles. The van der Waals surface area contributed by atoms with E-state index in [1.807, 2.05) is 6.92 Å². The van der Waals surface area contributed by atoms with E-state index in [2.05, 4.69) is 4.72 Å². The first-order valence-corrected chi connectivity index (χ1v) is 7.43. The minimum absolute atomic E-state index is 0.0729. The number of rotatable bonds is 6. The van der Waals surface area contributed by atoms with Crippen molar-refractivity contribution >= 4 is 15.7 Å². The molecule has 108 valence electrons. The zero-order valence-corrected chi connectivity index (χ0v) is 12.1. The summed E-state index contributed by atoms with van der Waals surface area (Å²) in [7, 11) is -3.93. The Hall–Kier alpha value is -1.18. The number of ether oxygens (including phenoxy) is 1. The van der Waals surface area contributed by atoms with Crippen LogP contribution in [0.1, 0.15) is 19.4 Å². The Morgan fingerprint density at radius 2 is 2.11 bits per heavy atom. The lowest BCUT2D eigenvalue weighted by atomic mass is 10.2. The molecule has 19 heavy (non-hydrogen) atoms. The van der Waals surface area contributed by atoms with Crippen molar-refractivity contribution < 1.29 is 17.5 Å². The average Bonchev–Trinajstić information content (AvgIpc) is 2.31. The van der Waals surface area contributed by atoms with E-state index >= 15 is 0 Å². The topological polar surface area (TPSA) is 81.4 Å². The van der Waals surface area contributed by atoms with Crippen LogP contribution in [0.2, 0.25) is 0 Å². The van der Waals surface area contributed by atoms with E-state index in [-0.39, 0.29) is 23.9 Å². The molecule has 0 aliphatic carbocycles. The smallest absolute Gasteiger partial charge is 0.243 e.